The highest BCUT2D eigenvalue weighted by Gasteiger charge is 2.30. The van der Waals surface area contributed by atoms with E-state index >= 15 is 0 Å². The second kappa shape index (κ2) is 9.30. The Balaban J connectivity index is 1.84. The molecule has 1 saturated heterocycles. The summed E-state index contributed by atoms with van der Waals surface area (Å²) in [5.74, 6) is 0.877. The minimum atomic E-state index is -0.109. The molecule has 0 saturated carbocycles. The normalized spacial score (nSPS) is 16.3. The number of carbonyl (C=O) groups is 1. The molecule has 2 aromatic rings. The molecule has 0 N–H and O–H groups in total. The molecule has 0 aliphatic carbocycles. The van der Waals surface area contributed by atoms with Crippen LogP contribution in [0.1, 0.15) is 18.1 Å². The van der Waals surface area contributed by atoms with Crippen LogP contribution in [0.15, 0.2) is 52.4 Å². The number of hydrogen-bond acceptors (Lipinski definition) is 6. The Labute approximate surface area is 174 Å². The van der Waals surface area contributed by atoms with Gasteiger partial charge < -0.3 is 9.47 Å². The molecule has 1 aliphatic rings. The van der Waals surface area contributed by atoms with Crippen molar-refractivity contribution < 1.29 is 14.3 Å². The first kappa shape index (κ1) is 20.5. The van der Waals surface area contributed by atoms with Crippen LogP contribution in [0, 0.1) is 11.3 Å². The van der Waals surface area contributed by atoms with Crippen LogP contribution in [0.25, 0.3) is 6.08 Å². The SMILES string of the molecule is CCc1ccc(N=C2S/C(=C/c3ccc(OCC#N)c(OC)c3)C(=O)N2C)cc1. The Morgan fingerprint density at radius 2 is 1.97 bits per heavy atom. The lowest BCUT2D eigenvalue weighted by molar-refractivity contribution is -0.121. The number of aliphatic imine (C=N–C) groups is 1. The number of hydrogen-bond donors (Lipinski definition) is 0. The smallest absolute Gasteiger partial charge is 0.266 e. The van der Waals surface area contributed by atoms with Gasteiger partial charge in [0.1, 0.15) is 6.07 Å². The lowest BCUT2D eigenvalue weighted by Gasteiger charge is -2.09. The predicted molar refractivity (Wildman–Crippen MR) is 115 cm³/mol. The Morgan fingerprint density at radius 3 is 2.62 bits per heavy atom. The van der Waals surface area contributed by atoms with E-state index in [-0.39, 0.29) is 12.5 Å². The van der Waals surface area contributed by atoms with Crippen LogP contribution < -0.4 is 9.47 Å². The lowest BCUT2D eigenvalue weighted by atomic mass is 10.2. The van der Waals surface area contributed by atoms with Gasteiger partial charge >= 0.3 is 0 Å². The highest BCUT2D eigenvalue weighted by Crippen LogP contribution is 2.35. The molecule has 1 aliphatic heterocycles. The zero-order chi connectivity index (χ0) is 20.8. The maximum Gasteiger partial charge on any atom is 0.266 e. The predicted octanol–water partition coefficient (Wildman–Crippen LogP) is 4.39. The summed E-state index contributed by atoms with van der Waals surface area (Å²) in [5, 5.41) is 9.30. The van der Waals surface area contributed by atoms with E-state index in [1.165, 1.54) is 24.4 Å². The van der Waals surface area contributed by atoms with Gasteiger partial charge in [0.2, 0.25) is 0 Å². The molecule has 29 heavy (non-hydrogen) atoms. The van der Waals surface area contributed by atoms with Gasteiger partial charge in [0.15, 0.2) is 23.3 Å². The van der Waals surface area contributed by atoms with Crippen molar-refractivity contribution in [3.8, 4) is 17.6 Å². The van der Waals surface area contributed by atoms with E-state index in [4.69, 9.17) is 14.7 Å². The van der Waals surface area contributed by atoms with Crippen molar-refractivity contribution in [2.75, 3.05) is 20.8 Å². The fraction of sp³-hybridized carbons (Fsp3) is 0.227. The Morgan fingerprint density at radius 1 is 1.21 bits per heavy atom. The van der Waals surface area contributed by atoms with Gasteiger partial charge in [0.25, 0.3) is 5.91 Å². The molecule has 7 heteroatoms. The molecule has 148 valence electrons. The number of nitrogens with zero attached hydrogens (tertiary/aromatic N) is 3. The van der Waals surface area contributed by atoms with Crippen molar-refractivity contribution in [1.82, 2.24) is 4.90 Å². The zero-order valence-corrected chi connectivity index (χ0v) is 17.3. The van der Waals surface area contributed by atoms with E-state index < -0.39 is 0 Å². The third-order valence-electron chi connectivity index (χ3n) is 4.35. The third-order valence-corrected chi connectivity index (χ3v) is 5.41. The topological polar surface area (TPSA) is 74.9 Å². The minimum absolute atomic E-state index is 0.0605. The molecule has 1 fully saturated rings. The quantitative estimate of drug-likeness (QED) is 0.664. The minimum Gasteiger partial charge on any atom is -0.493 e. The highest BCUT2D eigenvalue weighted by atomic mass is 32.2. The summed E-state index contributed by atoms with van der Waals surface area (Å²) < 4.78 is 10.7. The van der Waals surface area contributed by atoms with Crippen molar-refractivity contribution >= 4 is 34.6 Å². The van der Waals surface area contributed by atoms with Gasteiger partial charge in [-0.1, -0.05) is 25.1 Å². The van der Waals surface area contributed by atoms with E-state index in [2.05, 4.69) is 11.9 Å². The summed E-state index contributed by atoms with van der Waals surface area (Å²) in [6, 6.07) is 15.2. The molecule has 0 atom stereocenters. The van der Waals surface area contributed by atoms with Gasteiger partial charge in [0, 0.05) is 7.05 Å². The van der Waals surface area contributed by atoms with Crippen molar-refractivity contribution in [3.63, 3.8) is 0 Å². The van der Waals surface area contributed by atoms with E-state index in [0.717, 1.165) is 17.7 Å². The molecular formula is C22H21N3O3S. The fourth-order valence-corrected chi connectivity index (χ4v) is 3.71. The number of likely N-dealkylation sites (N-methyl/N-ethyl adjacent to an activating group) is 1. The zero-order valence-electron chi connectivity index (χ0n) is 16.5. The molecule has 0 radical (unpaired) electrons. The molecule has 0 unspecified atom stereocenters. The average molecular weight is 407 g/mol. The van der Waals surface area contributed by atoms with Crippen LogP contribution in [0.3, 0.4) is 0 Å². The van der Waals surface area contributed by atoms with Crippen LogP contribution in [-0.4, -0.2) is 36.7 Å². The molecule has 6 nitrogen and oxygen atoms in total. The van der Waals surface area contributed by atoms with Crippen LogP contribution in [0.2, 0.25) is 0 Å². The van der Waals surface area contributed by atoms with Crippen LogP contribution in [-0.2, 0) is 11.2 Å². The second-order valence-corrected chi connectivity index (χ2v) is 7.26. The van der Waals surface area contributed by atoms with Gasteiger partial charge in [-0.25, -0.2) is 4.99 Å². The summed E-state index contributed by atoms with van der Waals surface area (Å²) >= 11 is 1.33. The second-order valence-electron chi connectivity index (χ2n) is 6.25. The highest BCUT2D eigenvalue weighted by molar-refractivity contribution is 8.18. The lowest BCUT2D eigenvalue weighted by Crippen LogP contribution is -2.23. The van der Waals surface area contributed by atoms with Gasteiger partial charge in [0.05, 0.1) is 17.7 Å². The summed E-state index contributed by atoms with van der Waals surface area (Å²) in [6.07, 6.45) is 2.77. The number of nitriles is 1. The van der Waals surface area contributed by atoms with Gasteiger partial charge in [-0.2, -0.15) is 5.26 Å². The number of thioether (sulfide) groups is 1. The molecular weight excluding hydrogens is 386 g/mol. The number of amidine groups is 1. The summed E-state index contributed by atoms with van der Waals surface area (Å²) in [4.78, 5) is 19.4. The van der Waals surface area contributed by atoms with Crippen LogP contribution in [0.5, 0.6) is 11.5 Å². The summed E-state index contributed by atoms with van der Waals surface area (Å²) in [6.45, 7) is 2.05. The Kier molecular flexibility index (Phi) is 6.57. The number of ether oxygens (including phenoxy) is 2. The maximum absolute atomic E-state index is 12.6. The third kappa shape index (κ3) is 4.79. The van der Waals surface area contributed by atoms with Gasteiger partial charge in [-0.15, -0.1) is 0 Å². The molecule has 1 heterocycles. The van der Waals surface area contributed by atoms with E-state index in [9.17, 15) is 4.79 Å². The fourth-order valence-electron chi connectivity index (χ4n) is 2.72. The van der Waals surface area contributed by atoms with Crippen molar-refractivity contribution in [2.24, 2.45) is 4.99 Å². The van der Waals surface area contributed by atoms with Crippen LogP contribution in [0.4, 0.5) is 5.69 Å². The van der Waals surface area contributed by atoms with Crippen molar-refractivity contribution in [1.29, 1.82) is 5.26 Å². The first-order valence-electron chi connectivity index (χ1n) is 9.08. The van der Waals surface area contributed by atoms with Crippen molar-refractivity contribution in [2.45, 2.75) is 13.3 Å². The number of aryl methyl sites for hydroxylation is 1. The number of carbonyl (C=O) groups excluding carboxylic acids is 1. The van der Waals surface area contributed by atoms with Crippen molar-refractivity contribution in [3.05, 3.63) is 58.5 Å². The molecule has 3 rings (SSSR count). The molecule has 1 amide bonds. The van der Waals surface area contributed by atoms with Gasteiger partial charge in [-0.3, -0.25) is 9.69 Å². The molecule has 0 spiro atoms. The van der Waals surface area contributed by atoms with E-state index in [1.54, 1.807) is 30.2 Å². The van der Waals surface area contributed by atoms with Crippen LogP contribution >= 0.6 is 11.8 Å². The summed E-state index contributed by atoms with van der Waals surface area (Å²) in [5.41, 5.74) is 2.85. The molecule has 0 aromatic heterocycles. The Bertz CT molecular complexity index is 1010. The number of rotatable bonds is 6. The molecule has 2 aromatic carbocycles. The van der Waals surface area contributed by atoms with E-state index in [1.807, 2.05) is 36.4 Å². The Hall–Kier alpha value is -3.24. The average Bonchev–Trinajstić information content (AvgIpc) is 3.01. The summed E-state index contributed by atoms with van der Waals surface area (Å²) in [7, 11) is 3.25. The van der Waals surface area contributed by atoms with E-state index in [0.29, 0.717) is 21.6 Å². The maximum atomic E-state index is 12.6. The first-order valence-corrected chi connectivity index (χ1v) is 9.90. The largest absolute Gasteiger partial charge is 0.493 e. The number of amides is 1. The van der Waals surface area contributed by atoms with Gasteiger partial charge in [-0.05, 0) is 59.7 Å². The monoisotopic (exact) mass is 407 g/mol. The number of benzene rings is 2. The standard InChI is InChI=1S/C22H21N3O3S/c1-4-15-5-8-17(9-6-15)24-22-25(2)21(26)20(29-22)14-16-7-10-18(28-12-11-23)19(13-16)27-3/h5-10,13-14H,4,12H2,1-3H3/b20-14+,24-22?. The number of methoxy groups -OCH3 is 1. The first-order chi connectivity index (χ1) is 14.0. The molecule has 0 bridgehead atoms.